The van der Waals surface area contributed by atoms with Crippen molar-refractivity contribution in [2.24, 2.45) is 0 Å². The monoisotopic (exact) mass is 294 g/mol. The van der Waals surface area contributed by atoms with Gasteiger partial charge in [-0.3, -0.25) is 9.59 Å². The fourth-order valence-electron chi connectivity index (χ4n) is 1.59. The van der Waals surface area contributed by atoms with E-state index in [4.69, 9.17) is 9.52 Å². The van der Waals surface area contributed by atoms with Crippen molar-refractivity contribution in [1.82, 2.24) is 10.3 Å². The van der Waals surface area contributed by atoms with Crippen molar-refractivity contribution in [2.75, 3.05) is 6.54 Å². The third-order valence-electron chi connectivity index (χ3n) is 2.61. The highest BCUT2D eigenvalue weighted by molar-refractivity contribution is 7.13. The summed E-state index contributed by atoms with van der Waals surface area (Å²) in [7, 11) is 0. The maximum atomic E-state index is 11.8. The van der Waals surface area contributed by atoms with E-state index in [1.807, 2.05) is 0 Å². The van der Waals surface area contributed by atoms with Crippen LogP contribution in [-0.2, 0) is 4.79 Å². The van der Waals surface area contributed by atoms with Gasteiger partial charge in [0.2, 0.25) is 0 Å². The summed E-state index contributed by atoms with van der Waals surface area (Å²) in [5, 5.41) is 13.6. The van der Waals surface area contributed by atoms with Crippen LogP contribution in [0.5, 0.6) is 0 Å². The number of aromatic nitrogens is 1. The Labute approximate surface area is 119 Å². The Hall–Kier alpha value is -2.15. The number of nitrogens with zero attached hydrogens (tertiary/aromatic N) is 1. The molecule has 7 heteroatoms. The van der Waals surface area contributed by atoms with Crippen molar-refractivity contribution in [2.45, 2.75) is 19.3 Å². The summed E-state index contributed by atoms with van der Waals surface area (Å²) in [5.74, 6) is -1.06. The smallest absolute Gasteiger partial charge is 0.303 e. The van der Waals surface area contributed by atoms with Gasteiger partial charge in [0.05, 0.1) is 6.26 Å². The number of aliphatic carboxylic acids is 1. The molecule has 0 saturated carbocycles. The largest absolute Gasteiger partial charge is 0.481 e. The fraction of sp³-hybridized carbons (Fsp3) is 0.308. The Morgan fingerprint density at radius 3 is 2.95 bits per heavy atom. The quantitative estimate of drug-likeness (QED) is 0.765. The maximum absolute atomic E-state index is 11.8. The van der Waals surface area contributed by atoms with Gasteiger partial charge in [-0.05, 0) is 18.9 Å². The summed E-state index contributed by atoms with van der Waals surface area (Å²) >= 11 is 1.37. The van der Waals surface area contributed by atoms with E-state index in [-0.39, 0.29) is 12.3 Å². The first kappa shape index (κ1) is 14.3. The molecule has 106 valence electrons. The van der Waals surface area contributed by atoms with Crippen molar-refractivity contribution in [1.29, 1.82) is 0 Å². The number of hydrogen-bond donors (Lipinski definition) is 2. The molecule has 2 aromatic rings. The minimum atomic E-state index is -0.819. The van der Waals surface area contributed by atoms with Crippen LogP contribution in [0.2, 0.25) is 0 Å². The lowest BCUT2D eigenvalue weighted by Crippen LogP contribution is -2.24. The number of amides is 1. The molecule has 6 nitrogen and oxygen atoms in total. The molecule has 0 unspecified atom stereocenters. The minimum absolute atomic E-state index is 0.122. The van der Waals surface area contributed by atoms with Crippen LogP contribution in [0, 0.1) is 0 Å². The van der Waals surface area contributed by atoms with E-state index in [1.54, 1.807) is 24.0 Å². The Kier molecular flexibility index (Phi) is 4.89. The summed E-state index contributed by atoms with van der Waals surface area (Å²) in [5.41, 5.74) is 1.21. The van der Waals surface area contributed by atoms with Gasteiger partial charge in [-0.1, -0.05) is 0 Å². The van der Waals surface area contributed by atoms with Crippen LogP contribution < -0.4 is 5.32 Å². The van der Waals surface area contributed by atoms with Gasteiger partial charge in [0.25, 0.3) is 5.91 Å². The Morgan fingerprint density at radius 1 is 1.40 bits per heavy atom. The molecule has 0 bridgehead atoms. The van der Waals surface area contributed by atoms with Gasteiger partial charge in [0.15, 0.2) is 0 Å². The number of carbonyl (C=O) groups excluding carboxylic acids is 1. The number of furan rings is 1. The molecular weight excluding hydrogens is 280 g/mol. The average molecular weight is 294 g/mol. The molecule has 0 aliphatic rings. The summed E-state index contributed by atoms with van der Waals surface area (Å²) < 4.78 is 4.97. The SMILES string of the molecule is O=C(O)CCCCNC(=O)c1csc(-c2ccoc2)n1. The van der Waals surface area contributed by atoms with Gasteiger partial charge < -0.3 is 14.8 Å². The van der Waals surface area contributed by atoms with Gasteiger partial charge in [-0.2, -0.15) is 0 Å². The van der Waals surface area contributed by atoms with Crippen molar-refractivity contribution in [3.05, 3.63) is 29.7 Å². The second-order valence-corrected chi connectivity index (χ2v) is 5.01. The van der Waals surface area contributed by atoms with Gasteiger partial charge in [0, 0.05) is 23.9 Å². The zero-order chi connectivity index (χ0) is 14.4. The van der Waals surface area contributed by atoms with Crippen molar-refractivity contribution < 1.29 is 19.1 Å². The highest BCUT2D eigenvalue weighted by atomic mass is 32.1. The summed E-state index contributed by atoms with van der Waals surface area (Å²) in [4.78, 5) is 26.4. The van der Waals surface area contributed by atoms with Crippen LogP contribution >= 0.6 is 11.3 Å². The van der Waals surface area contributed by atoms with Crippen LogP contribution in [0.1, 0.15) is 29.8 Å². The first-order valence-electron chi connectivity index (χ1n) is 6.15. The molecule has 0 saturated heterocycles. The summed E-state index contributed by atoms with van der Waals surface area (Å²) in [6, 6.07) is 1.78. The van der Waals surface area contributed by atoms with Crippen LogP contribution in [0.15, 0.2) is 28.4 Å². The van der Waals surface area contributed by atoms with Crippen LogP contribution in [-0.4, -0.2) is 28.5 Å². The first-order chi connectivity index (χ1) is 9.66. The molecule has 0 spiro atoms. The Morgan fingerprint density at radius 2 is 2.25 bits per heavy atom. The average Bonchev–Trinajstić information content (AvgIpc) is 3.08. The molecule has 0 radical (unpaired) electrons. The van der Waals surface area contributed by atoms with E-state index in [9.17, 15) is 9.59 Å². The molecule has 2 N–H and O–H groups in total. The molecule has 0 atom stereocenters. The van der Waals surface area contributed by atoms with Crippen LogP contribution in [0.25, 0.3) is 10.6 Å². The third-order valence-corrected chi connectivity index (χ3v) is 3.50. The topological polar surface area (TPSA) is 92.4 Å². The molecule has 0 aliphatic heterocycles. The molecule has 0 fully saturated rings. The van der Waals surface area contributed by atoms with E-state index in [2.05, 4.69) is 10.3 Å². The fourth-order valence-corrected chi connectivity index (χ4v) is 2.38. The van der Waals surface area contributed by atoms with Gasteiger partial charge in [-0.15, -0.1) is 11.3 Å². The molecule has 1 amide bonds. The lowest BCUT2D eigenvalue weighted by Gasteiger charge is -2.01. The van der Waals surface area contributed by atoms with Crippen LogP contribution in [0.3, 0.4) is 0 Å². The zero-order valence-corrected chi connectivity index (χ0v) is 11.5. The second-order valence-electron chi connectivity index (χ2n) is 4.16. The Bertz CT molecular complexity index is 577. The number of hydrogen-bond acceptors (Lipinski definition) is 5. The van der Waals surface area contributed by atoms with Crippen molar-refractivity contribution in [3.8, 4) is 10.6 Å². The summed E-state index contributed by atoms with van der Waals surface area (Å²) in [6.07, 6.45) is 4.44. The van der Waals surface area contributed by atoms with Gasteiger partial charge in [0.1, 0.15) is 17.0 Å². The number of unbranched alkanes of at least 4 members (excludes halogenated alkanes) is 1. The predicted octanol–water partition coefficient (Wildman–Crippen LogP) is 2.39. The second kappa shape index (κ2) is 6.85. The number of nitrogens with one attached hydrogen (secondary N) is 1. The normalized spacial score (nSPS) is 10.4. The maximum Gasteiger partial charge on any atom is 0.303 e. The number of carbonyl (C=O) groups is 2. The van der Waals surface area contributed by atoms with E-state index in [0.717, 1.165) is 10.6 Å². The molecule has 2 rings (SSSR count). The molecule has 20 heavy (non-hydrogen) atoms. The molecule has 2 heterocycles. The lowest BCUT2D eigenvalue weighted by atomic mass is 10.2. The van der Waals surface area contributed by atoms with Gasteiger partial charge in [-0.25, -0.2) is 4.98 Å². The van der Waals surface area contributed by atoms with Crippen LogP contribution in [0.4, 0.5) is 0 Å². The highest BCUT2D eigenvalue weighted by Crippen LogP contribution is 2.23. The molecule has 0 aliphatic carbocycles. The molecule has 0 aromatic carbocycles. The number of carboxylic acid groups (broad SMARTS) is 1. The molecule has 2 aromatic heterocycles. The Balaban J connectivity index is 1.80. The summed E-state index contributed by atoms with van der Waals surface area (Å²) in [6.45, 7) is 0.449. The van der Waals surface area contributed by atoms with E-state index in [1.165, 1.54) is 11.3 Å². The van der Waals surface area contributed by atoms with E-state index < -0.39 is 5.97 Å². The number of rotatable bonds is 7. The number of carboxylic acids is 1. The van der Waals surface area contributed by atoms with Gasteiger partial charge >= 0.3 is 5.97 Å². The highest BCUT2D eigenvalue weighted by Gasteiger charge is 2.11. The third kappa shape index (κ3) is 3.92. The standard InChI is InChI=1S/C13H14N2O4S/c16-11(17)3-1-2-5-14-12(18)10-8-20-13(15-10)9-4-6-19-7-9/h4,6-8H,1-3,5H2,(H,14,18)(H,16,17). The van der Waals surface area contributed by atoms with Crippen molar-refractivity contribution in [3.63, 3.8) is 0 Å². The number of thiazole rings is 1. The van der Waals surface area contributed by atoms with E-state index >= 15 is 0 Å². The molecular formula is C13H14N2O4S. The predicted molar refractivity (Wildman–Crippen MR) is 73.6 cm³/mol. The minimum Gasteiger partial charge on any atom is -0.481 e. The first-order valence-corrected chi connectivity index (χ1v) is 7.03. The van der Waals surface area contributed by atoms with E-state index in [0.29, 0.717) is 25.1 Å². The lowest BCUT2D eigenvalue weighted by molar-refractivity contribution is -0.137. The van der Waals surface area contributed by atoms with Crippen molar-refractivity contribution >= 4 is 23.2 Å². The zero-order valence-electron chi connectivity index (χ0n) is 10.7.